The van der Waals surface area contributed by atoms with Gasteiger partial charge >= 0.3 is 0 Å². The predicted molar refractivity (Wildman–Crippen MR) is 90.2 cm³/mol. The summed E-state index contributed by atoms with van der Waals surface area (Å²) in [5, 5.41) is 3.46. The summed E-state index contributed by atoms with van der Waals surface area (Å²) in [5.74, 6) is 2.21. The first-order chi connectivity index (χ1) is 9.85. The van der Waals surface area contributed by atoms with Crippen LogP contribution in [0.1, 0.15) is 38.8 Å². The molecule has 1 unspecified atom stereocenters. The van der Waals surface area contributed by atoms with E-state index in [9.17, 15) is 4.39 Å². The van der Waals surface area contributed by atoms with Gasteiger partial charge in [-0.1, -0.05) is 12.1 Å². The number of hydrogen-bond acceptors (Lipinski definition) is 3. The van der Waals surface area contributed by atoms with Crippen molar-refractivity contribution in [2.45, 2.75) is 52.4 Å². The van der Waals surface area contributed by atoms with Crippen molar-refractivity contribution < 1.29 is 4.39 Å². The molecular formula is C17H27FN2S. The summed E-state index contributed by atoms with van der Waals surface area (Å²) in [4.78, 5) is 2.38. The number of nitrogens with one attached hydrogen (secondary N) is 1. The first kappa shape index (κ1) is 16.8. The summed E-state index contributed by atoms with van der Waals surface area (Å²) in [5.41, 5.74) is 2.05. The minimum atomic E-state index is -0.0834. The van der Waals surface area contributed by atoms with Crippen molar-refractivity contribution in [3.63, 3.8) is 0 Å². The van der Waals surface area contributed by atoms with Crippen LogP contribution in [0.15, 0.2) is 18.2 Å². The van der Waals surface area contributed by atoms with Crippen molar-refractivity contribution in [3.8, 4) is 0 Å². The minimum Gasteiger partial charge on any atom is -0.308 e. The summed E-state index contributed by atoms with van der Waals surface area (Å²) in [7, 11) is 0. The van der Waals surface area contributed by atoms with Crippen molar-refractivity contribution >= 4 is 11.8 Å². The van der Waals surface area contributed by atoms with Gasteiger partial charge in [0, 0.05) is 48.3 Å². The molecule has 1 fully saturated rings. The highest BCUT2D eigenvalue weighted by atomic mass is 32.2. The van der Waals surface area contributed by atoms with Crippen LogP contribution >= 0.6 is 11.8 Å². The van der Waals surface area contributed by atoms with Gasteiger partial charge in [0.2, 0.25) is 0 Å². The Morgan fingerprint density at radius 2 is 2.14 bits per heavy atom. The van der Waals surface area contributed by atoms with E-state index < -0.39 is 0 Å². The Labute approximate surface area is 132 Å². The fourth-order valence-electron chi connectivity index (χ4n) is 2.44. The molecule has 1 aromatic carbocycles. The van der Waals surface area contributed by atoms with E-state index in [1.54, 1.807) is 6.07 Å². The van der Waals surface area contributed by atoms with Crippen LogP contribution in [0.3, 0.4) is 0 Å². The standard InChI is InChI=1S/C17H27FN2S/c1-13-12-21-8-7-20(13)11-15-9-14(5-6-16(15)18)10-19-17(2,3)4/h5-6,9,13,19H,7-8,10-12H2,1-4H3. The Balaban J connectivity index is 2.04. The minimum absolute atomic E-state index is 0.0765. The topological polar surface area (TPSA) is 15.3 Å². The van der Waals surface area contributed by atoms with Gasteiger partial charge < -0.3 is 5.32 Å². The molecule has 0 amide bonds. The fourth-order valence-corrected chi connectivity index (χ4v) is 3.52. The van der Waals surface area contributed by atoms with Crippen LogP contribution in [0.25, 0.3) is 0 Å². The average molecular weight is 310 g/mol. The van der Waals surface area contributed by atoms with Crippen molar-refractivity contribution in [1.82, 2.24) is 10.2 Å². The molecule has 0 aliphatic carbocycles. The smallest absolute Gasteiger partial charge is 0.127 e. The molecule has 1 saturated heterocycles. The maximum atomic E-state index is 14.1. The summed E-state index contributed by atoms with van der Waals surface area (Å²) in [6, 6.07) is 6.04. The zero-order chi connectivity index (χ0) is 15.5. The maximum absolute atomic E-state index is 14.1. The highest BCUT2D eigenvalue weighted by Crippen LogP contribution is 2.20. The van der Waals surface area contributed by atoms with Crippen molar-refractivity contribution in [2.75, 3.05) is 18.1 Å². The second-order valence-electron chi connectivity index (χ2n) is 6.92. The Kier molecular flexibility index (Phi) is 5.69. The Bertz CT molecular complexity index is 470. The average Bonchev–Trinajstić information content (AvgIpc) is 2.41. The molecule has 1 aliphatic rings. The highest BCUT2D eigenvalue weighted by Gasteiger charge is 2.20. The molecule has 1 aromatic rings. The van der Waals surface area contributed by atoms with Crippen LogP contribution in [0.5, 0.6) is 0 Å². The lowest BCUT2D eigenvalue weighted by Crippen LogP contribution is -2.39. The van der Waals surface area contributed by atoms with Crippen LogP contribution in [0.2, 0.25) is 0 Å². The number of thioether (sulfide) groups is 1. The predicted octanol–water partition coefficient (Wildman–Crippen LogP) is 3.65. The van der Waals surface area contributed by atoms with Crippen LogP contribution in [-0.2, 0) is 13.1 Å². The molecule has 1 N–H and O–H groups in total. The summed E-state index contributed by atoms with van der Waals surface area (Å²) < 4.78 is 14.1. The zero-order valence-corrected chi connectivity index (χ0v) is 14.4. The first-order valence-electron chi connectivity index (χ1n) is 7.69. The second kappa shape index (κ2) is 7.12. The molecule has 2 nitrogen and oxygen atoms in total. The van der Waals surface area contributed by atoms with Crippen LogP contribution in [0.4, 0.5) is 4.39 Å². The molecule has 0 aromatic heterocycles. The third-order valence-corrected chi connectivity index (χ3v) is 5.00. The summed E-state index contributed by atoms with van der Waals surface area (Å²) in [6.45, 7) is 11.2. The number of nitrogens with zero attached hydrogens (tertiary/aromatic N) is 1. The van der Waals surface area contributed by atoms with Gasteiger partial charge in [-0.05, 0) is 39.3 Å². The fraction of sp³-hybridized carbons (Fsp3) is 0.647. The van der Waals surface area contributed by atoms with Crippen LogP contribution < -0.4 is 5.32 Å². The highest BCUT2D eigenvalue weighted by molar-refractivity contribution is 7.99. The Morgan fingerprint density at radius 3 is 2.81 bits per heavy atom. The summed E-state index contributed by atoms with van der Waals surface area (Å²) >= 11 is 1.99. The van der Waals surface area contributed by atoms with Gasteiger partial charge in [-0.15, -0.1) is 0 Å². The van der Waals surface area contributed by atoms with Gasteiger partial charge in [0.15, 0.2) is 0 Å². The van der Waals surface area contributed by atoms with Gasteiger partial charge in [-0.2, -0.15) is 11.8 Å². The molecular weight excluding hydrogens is 283 g/mol. The zero-order valence-electron chi connectivity index (χ0n) is 13.6. The van der Waals surface area contributed by atoms with Crippen LogP contribution in [0, 0.1) is 5.82 Å². The molecule has 2 rings (SSSR count). The van der Waals surface area contributed by atoms with Gasteiger partial charge in [0.1, 0.15) is 5.82 Å². The van der Waals surface area contributed by atoms with E-state index in [2.05, 4.69) is 37.9 Å². The molecule has 0 spiro atoms. The first-order valence-corrected chi connectivity index (χ1v) is 8.85. The normalized spacial score (nSPS) is 20.7. The van der Waals surface area contributed by atoms with Gasteiger partial charge in [0.25, 0.3) is 0 Å². The van der Waals surface area contributed by atoms with E-state index in [4.69, 9.17) is 0 Å². The molecule has 1 atom stereocenters. The number of halogens is 1. The molecule has 21 heavy (non-hydrogen) atoms. The lowest BCUT2D eigenvalue weighted by molar-refractivity contribution is 0.221. The van der Waals surface area contributed by atoms with E-state index in [1.807, 2.05) is 23.9 Å². The molecule has 1 heterocycles. The van der Waals surface area contributed by atoms with Crippen molar-refractivity contribution in [1.29, 1.82) is 0 Å². The largest absolute Gasteiger partial charge is 0.308 e. The van der Waals surface area contributed by atoms with Gasteiger partial charge in [-0.3, -0.25) is 4.90 Å². The number of benzene rings is 1. The summed E-state index contributed by atoms with van der Waals surface area (Å²) in [6.07, 6.45) is 0. The van der Waals surface area contributed by atoms with E-state index in [-0.39, 0.29) is 11.4 Å². The SMILES string of the molecule is CC1CSCCN1Cc1cc(CNC(C)(C)C)ccc1F. The quantitative estimate of drug-likeness (QED) is 0.914. The molecule has 0 radical (unpaired) electrons. The van der Waals surface area contributed by atoms with Gasteiger partial charge in [0.05, 0.1) is 0 Å². The Morgan fingerprint density at radius 1 is 1.38 bits per heavy atom. The van der Waals surface area contributed by atoms with E-state index in [0.717, 1.165) is 42.3 Å². The molecule has 1 aliphatic heterocycles. The lowest BCUT2D eigenvalue weighted by Gasteiger charge is -2.33. The molecule has 4 heteroatoms. The maximum Gasteiger partial charge on any atom is 0.127 e. The molecule has 118 valence electrons. The van der Waals surface area contributed by atoms with E-state index >= 15 is 0 Å². The Hall–Kier alpha value is -0.580. The monoisotopic (exact) mass is 310 g/mol. The van der Waals surface area contributed by atoms with Crippen LogP contribution in [-0.4, -0.2) is 34.5 Å². The van der Waals surface area contributed by atoms with E-state index in [1.165, 1.54) is 0 Å². The molecule has 0 bridgehead atoms. The van der Waals surface area contributed by atoms with Crippen molar-refractivity contribution in [3.05, 3.63) is 35.1 Å². The molecule has 0 saturated carbocycles. The van der Waals surface area contributed by atoms with Gasteiger partial charge in [-0.25, -0.2) is 4.39 Å². The number of rotatable bonds is 4. The van der Waals surface area contributed by atoms with Crippen molar-refractivity contribution in [2.24, 2.45) is 0 Å². The third kappa shape index (κ3) is 5.28. The number of hydrogen-bond donors (Lipinski definition) is 1. The third-order valence-electron chi connectivity index (χ3n) is 3.81. The lowest BCUT2D eigenvalue weighted by atomic mass is 10.1. The second-order valence-corrected chi connectivity index (χ2v) is 8.07. The van der Waals surface area contributed by atoms with E-state index in [0.29, 0.717) is 6.04 Å².